The van der Waals surface area contributed by atoms with Crippen LogP contribution in [0.2, 0.25) is 0 Å². The van der Waals surface area contributed by atoms with Gasteiger partial charge in [0.2, 0.25) is 0 Å². The van der Waals surface area contributed by atoms with Gasteiger partial charge >= 0.3 is 5.97 Å². The van der Waals surface area contributed by atoms with Crippen molar-refractivity contribution in [2.24, 2.45) is 17.6 Å². The van der Waals surface area contributed by atoms with Crippen molar-refractivity contribution in [2.75, 3.05) is 6.61 Å². The number of hydrogen-bond acceptors (Lipinski definition) is 3. The van der Waals surface area contributed by atoms with E-state index in [2.05, 4.69) is 20.8 Å². The van der Waals surface area contributed by atoms with Gasteiger partial charge in [0.05, 0.1) is 6.61 Å². The summed E-state index contributed by atoms with van der Waals surface area (Å²) in [6.45, 7) is 6.97. The summed E-state index contributed by atoms with van der Waals surface area (Å²) >= 11 is 0. The predicted molar refractivity (Wildman–Crippen MR) is 78.8 cm³/mol. The molecule has 3 atom stereocenters. The zero-order valence-corrected chi connectivity index (χ0v) is 12.9. The van der Waals surface area contributed by atoms with Crippen molar-refractivity contribution in [2.45, 2.75) is 77.7 Å². The maximum atomic E-state index is 12.3. The van der Waals surface area contributed by atoms with Gasteiger partial charge in [-0.15, -0.1) is 0 Å². The number of nitrogens with two attached hydrogens (primary N) is 1. The molecule has 0 heterocycles. The minimum absolute atomic E-state index is 0.172. The third kappa shape index (κ3) is 4.48. The zero-order valence-electron chi connectivity index (χ0n) is 12.9. The summed E-state index contributed by atoms with van der Waals surface area (Å²) in [4.78, 5) is 12.3. The van der Waals surface area contributed by atoms with Gasteiger partial charge in [0.1, 0.15) is 5.54 Å². The molecular formula is C16H31NO2. The number of ether oxygens (including phenoxy) is 1. The Morgan fingerprint density at radius 2 is 2.16 bits per heavy atom. The molecule has 0 spiro atoms. The van der Waals surface area contributed by atoms with Crippen LogP contribution < -0.4 is 5.73 Å². The first-order valence-electron chi connectivity index (χ1n) is 8.00. The normalized spacial score (nSPS) is 28.9. The molecular weight excluding hydrogens is 238 g/mol. The summed E-state index contributed by atoms with van der Waals surface area (Å²) < 4.78 is 5.54. The van der Waals surface area contributed by atoms with E-state index in [0.29, 0.717) is 12.5 Å². The summed E-state index contributed by atoms with van der Waals surface area (Å²) in [6.07, 6.45) is 8.66. The van der Waals surface area contributed by atoms with E-state index in [4.69, 9.17) is 10.5 Å². The van der Waals surface area contributed by atoms with Gasteiger partial charge in [-0.2, -0.15) is 0 Å². The molecule has 0 radical (unpaired) electrons. The fourth-order valence-electron chi connectivity index (χ4n) is 2.90. The third-order valence-electron chi connectivity index (χ3n) is 4.73. The molecule has 3 nitrogen and oxygen atoms in total. The second-order valence-corrected chi connectivity index (χ2v) is 6.20. The van der Waals surface area contributed by atoms with Gasteiger partial charge < -0.3 is 10.5 Å². The molecule has 1 fully saturated rings. The average Bonchev–Trinajstić information content (AvgIpc) is 2.42. The summed E-state index contributed by atoms with van der Waals surface area (Å²) in [5.41, 5.74) is 5.56. The first kappa shape index (κ1) is 16.5. The van der Waals surface area contributed by atoms with Crippen LogP contribution in [-0.2, 0) is 9.53 Å². The first-order valence-corrected chi connectivity index (χ1v) is 8.00. The molecule has 1 aliphatic carbocycles. The summed E-state index contributed by atoms with van der Waals surface area (Å²) in [7, 11) is 0. The van der Waals surface area contributed by atoms with Crippen LogP contribution in [0, 0.1) is 11.8 Å². The van der Waals surface area contributed by atoms with E-state index in [1.54, 1.807) is 0 Å². The topological polar surface area (TPSA) is 52.3 Å². The van der Waals surface area contributed by atoms with Crippen LogP contribution >= 0.6 is 0 Å². The number of carbonyl (C=O) groups is 1. The van der Waals surface area contributed by atoms with Crippen molar-refractivity contribution in [3.8, 4) is 0 Å². The highest BCUT2D eigenvalue weighted by molar-refractivity contribution is 5.81. The summed E-state index contributed by atoms with van der Waals surface area (Å²) in [6, 6.07) is 0. The quantitative estimate of drug-likeness (QED) is 0.718. The fraction of sp³-hybridized carbons (Fsp3) is 0.938. The molecule has 1 rings (SSSR count). The average molecular weight is 269 g/mol. The number of unbranched alkanes of at least 4 members (excludes halogenated alkanes) is 1. The number of rotatable bonds is 7. The predicted octanol–water partition coefficient (Wildman–Crippen LogP) is 3.65. The molecule has 0 saturated heterocycles. The lowest BCUT2D eigenvalue weighted by Crippen LogP contribution is -2.55. The Bertz CT molecular complexity index is 280. The van der Waals surface area contributed by atoms with Gasteiger partial charge in [0.25, 0.3) is 0 Å². The first-order chi connectivity index (χ1) is 9.04. The van der Waals surface area contributed by atoms with Gasteiger partial charge in [0.15, 0.2) is 0 Å². The highest BCUT2D eigenvalue weighted by Gasteiger charge is 2.42. The van der Waals surface area contributed by atoms with E-state index in [1.165, 1.54) is 19.3 Å². The highest BCUT2D eigenvalue weighted by Crippen LogP contribution is 2.32. The van der Waals surface area contributed by atoms with Gasteiger partial charge in [-0.05, 0) is 31.1 Å². The molecule has 0 amide bonds. The Kier molecular flexibility index (Phi) is 6.84. The monoisotopic (exact) mass is 269 g/mol. The minimum atomic E-state index is -0.735. The molecule has 0 aliphatic heterocycles. The Morgan fingerprint density at radius 1 is 1.42 bits per heavy atom. The molecule has 112 valence electrons. The molecule has 1 aliphatic rings. The second-order valence-electron chi connectivity index (χ2n) is 6.20. The maximum absolute atomic E-state index is 12.3. The van der Waals surface area contributed by atoms with Crippen molar-refractivity contribution in [3.63, 3.8) is 0 Å². The molecule has 2 N–H and O–H groups in total. The molecule has 0 aromatic heterocycles. The van der Waals surface area contributed by atoms with Gasteiger partial charge in [-0.1, -0.05) is 52.9 Å². The highest BCUT2D eigenvalue weighted by atomic mass is 16.5. The summed E-state index contributed by atoms with van der Waals surface area (Å²) in [5, 5.41) is 0. The Labute approximate surface area is 118 Å². The van der Waals surface area contributed by atoms with Gasteiger partial charge in [-0.25, -0.2) is 0 Å². The molecule has 19 heavy (non-hydrogen) atoms. The van der Waals surface area contributed by atoms with E-state index in [1.807, 2.05) is 0 Å². The largest absolute Gasteiger partial charge is 0.464 e. The zero-order chi connectivity index (χ0) is 14.3. The van der Waals surface area contributed by atoms with Gasteiger partial charge in [-0.3, -0.25) is 4.79 Å². The number of hydrogen-bond donors (Lipinski definition) is 1. The SMILES string of the molecule is CCCCC(CC)COC(=O)C1(N)CCCCC1C. The van der Waals surface area contributed by atoms with Crippen molar-refractivity contribution >= 4 is 5.97 Å². The van der Waals surface area contributed by atoms with Crippen molar-refractivity contribution in [3.05, 3.63) is 0 Å². The second kappa shape index (κ2) is 7.88. The van der Waals surface area contributed by atoms with Crippen LogP contribution in [0.4, 0.5) is 0 Å². The molecule has 0 aromatic carbocycles. The van der Waals surface area contributed by atoms with E-state index >= 15 is 0 Å². The van der Waals surface area contributed by atoms with Crippen LogP contribution in [0.25, 0.3) is 0 Å². The van der Waals surface area contributed by atoms with E-state index in [0.717, 1.165) is 32.1 Å². The minimum Gasteiger partial charge on any atom is -0.464 e. The third-order valence-corrected chi connectivity index (χ3v) is 4.73. The number of esters is 1. The van der Waals surface area contributed by atoms with Crippen molar-refractivity contribution in [1.82, 2.24) is 0 Å². The van der Waals surface area contributed by atoms with Crippen molar-refractivity contribution < 1.29 is 9.53 Å². The Balaban J connectivity index is 2.44. The van der Waals surface area contributed by atoms with Gasteiger partial charge in [0, 0.05) is 0 Å². The van der Waals surface area contributed by atoms with E-state index in [9.17, 15) is 4.79 Å². The lowest BCUT2D eigenvalue weighted by Gasteiger charge is -2.37. The molecule has 3 heteroatoms. The lowest BCUT2D eigenvalue weighted by atomic mass is 9.74. The number of carbonyl (C=O) groups excluding carboxylic acids is 1. The van der Waals surface area contributed by atoms with E-state index < -0.39 is 5.54 Å². The fourth-order valence-corrected chi connectivity index (χ4v) is 2.90. The van der Waals surface area contributed by atoms with Crippen LogP contribution in [0.3, 0.4) is 0 Å². The standard InChI is InChI=1S/C16H31NO2/c1-4-6-10-14(5-2)12-19-15(18)16(17)11-8-7-9-13(16)3/h13-14H,4-12,17H2,1-3H3. The maximum Gasteiger partial charge on any atom is 0.326 e. The van der Waals surface area contributed by atoms with E-state index in [-0.39, 0.29) is 11.9 Å². The molecule has 0 bridgehead atoms. The van der Waals surface area contributed by atoms with Crippen LogP contribution in [0.5, 0.6) is 0 Å². The molecule has 1 saturated carbocycles. The Hall–Kier alpha value is -0.570. The van der Waals surface area contributed by atoms with Crippen LogP contribution in [0.15, 0.2) is 0 Å². The van der Waals surface area contributed by atoms with Crippen molar-refractivity contribution in [1.29, 1.82) is 0 Å². The smallest absolute Gasteiger partial charge is 0.326 e. The lowest BCUT2D eigenvalue weighted by molar-refractivity contribution is -0.155. The molecule has 3 unspecified atom stereocenters. The Morgan fingerprint density at radius 3 is 2.74 bits per heavy atom. The van der Waals surface area contributed by atoms with Crippen LogP contribution in [0.1, 0.15) is 72.1 Å². The van der Waals surface area contributed by atoms with Crippen LogP contribution in [-0.4, -0.2) is 18.1 Å². The molecule has 0 aromatic rings. The summed E-state index contributed by atoms with van der Waals surface area (Å²) in [5.74, 6) is 0.561.